The first-order chi connectivity index (χ1) is 11.5. The largest absolute Gasteiger partial charge is 0.393 e. The minimum Gasteiger partial charge on any atom is -0.393 e. The summed E-state index contributed by atoms with van der Waals surface area (Å²) in [6.07, 6.45) is 11.5. The Bertz CT molecular complexity index is 606. The van der Waals surface area contributed by atoms with Crippen LogP contribution >= 0.6 is 0 Å². The second kappa shape index (κ2) is 5.87. The second-order valence-electron chi connectivity index (χ2n) is 8.59. The number of fused-ring (bicyclic) bond motifs is 5. The van der Waals surface area contributed by atoms with E-state index in [0.717, 1.165) is 36.3 Å². The lowest BCUT2D eigenvalue weighted by molar-refractivity contribution is -0.0525. The predicted octanol–water partition coefficient (Wildman–Crippen LogP) is 2.55. The monoisotopic (exact) mass is 330 g/mol. The zero-order valence-corrected chi connectivity index (χ0v) is 14.6. The van der Waals surface area contributed by atoms with Crippen molar-refractivity contribution in [2.24, 2.45) is 50.8 Å². The average molecular weight is 330 g/mol. The van der Waals surface area contributed by atoms with Gasteiger partial charge in [-0.1, -0.05) is 12.5 Å². The smallest absolute Gasteiger partial charge is 0.211 e. The van der Waals surface area contributed by atoms with Crippen LogP contribution in [0, 0.1) is 29.1 Å². The lowest BCUT2D eigenvalue weighted by Crippen LogP contribution is -2.47. The normalized spacial score (nSPS) is 45.8. The second-order valence-corrected chi connectivity index (χ2v) is 8.59. The molecule has 0 unspecified atom stereocenters. The lowest BCUT2D eigenvalue weighted by atomic mass is 9.52. The van der Waals surface area contributed by atoms with Crippen molar-refractivity contribution in [2.45, 2.75) is 64.4 Å². The molecule has 0 aliphatic heterocycles. The molecule has 24 heavy (non-hydrogen) atoms. The molecule has 4 aliphatic carbocycles. The summed E-state index contributed by atoms with van der Waals surface area (Å²) >= 11 is 0. The minimum atomic E-state index is -0.0786. The van der Waals surface area contributed by atoms with Crippen LogP contribution in [0.25, 0.3) is 0 Å². The SMILES string of the molecule is C[C@]12CC[C@H]3[C@@H](CCC4=C/C(=N/N=C(N)N)CC[C@@H]43)[C@@H]1CC[C@@H]2O. The number of nitrogens with two attached hydrogens (primary N) is 2. The van der Waals surface area contributed by atoms with Gasteiger partial charge in [-0.3, -0.25) is 0 Å². The molecule has 0 radical (unpaired) electrons. The van der Waals surface area contributed by atoms with Crippen LogP contribution in [0.1, 0.15) is 58.3 Å². The summed E-state index contributed by atoms with van der Waals surface area (Å²) in [5.41, 5.74) is 13.5. The van der Waals surface area contributed by atoms with Crippen LogP contribution in [0.15, 0.2) is 21.9 Å². The molecule has 0 heterocycles. The highest BCUT2D eigenvalue weighted by Gasteiger charge is 2.55. The van der Waals surface area contributed by atoms with Gasteiger partial charge < -0.3 is 16.6 Å². The minimum absolute atomic E-state index is 0.0260. The number of rotatable bonds is 1. The van der Waals surface area contributed by atoms with Gasteiger partial charge in [-0.05, 0) is 86.5 Å². The molecule has 0 aromatic rings. The Balaban J connectivity index is 1.56. The first-order valence-electron chi connectivity index (χ1n) is 9.53. The quantitative estimate of drug-likeness (QED) is 0.391. The maximum Gasteiger partial charge on any atom is 0.211 e. The number of guanidine groups is 1. The first kappa shape index (κ1) is 16.1. The van der Waals surface area contributed by atoms with E-state index in [1.165, 1.54) is 38.5 Å². The van der Waals surface area contributed by atoms with E-state index in [9.17, 15) is 5.11 Å². The maximum absolute atomic E-state index is 10.5. The summed E-state index contributed by atoms with van der Waals surface area (Å²) in [7, 11) is 0. The topological polar surface area (TPSA) is 97.0 Å². The van der Waals surface area contributed by atoms with Gasteiger partial charge in [-0.15, -0.1) is 5.10 Å². The molecule has 0 spiro atoms. The fourth-order valence-electron chi connectivity index (χ4n) is 6.37. The van der Waals surface area contributed by atoms with Gasteiger partial charge in [0.2, 0.25) is 5.96 Å². The maximum atomic E-state index is 10.5. The summed E-state index contributed by atoms with van der Waals surface area (Å²) in [4.78, 5) is 0. The van der Waals surface area contributed by atoms with Crippen LogP contribution in [0.3, 0.4) is 0 Å². The molecule has 4 rings (SSSR count). The zero-order valence-electron chi connectivity index (χ0n) is 14.6. The molecule has 3 fully saturated rings. The number of hydrogen-bond acceptors (Lipinski definition) is 3. The van der Waals surface area contributed by atoms with E-state index in [4.69, 9.17) is 11.5 Å². The van der Waals surface area contributed by atoms with Gasteiger partial charge in [-0.2, -0.15) is 5.10 Å². The highest BCUT2D eigenvalue weighted by atomic mass is 16.3. The predicted molar refractivity (Wildman–Crippen MR) is 96.3 cm³/mol. The molecule has 132 valence electrons. The zero-order chi connectivity index (χ0) is 16.9. The first-order valence-corrected chi connectivity index (χ1v) is 9.53. The number of nitrogens with zero attached hydrogens (tertiary/aromatic N) is 2. The third-order valence-electron chi connectivity index (χ3n) is 7.56. The average Bonchev–Trinajstić information content (AvgIpc) is 2.88. The van der Waals surface area contributed by atoms with Crippen molar-refractivity contribution in [1.29, 1.82) is 0 Å². The Hall–Kier alpha value is -1.36. The molecule has 6 atom stereocenters. The summed E-state index contributed by atoms with van der Waals surface area (Å²) < 4.78 is 0. The van der Waals surface area contributed by atoms with Crippen molar-refractivity contribution in [2.75, 3.05) is 0 Å². The Morgan fingerprint density at radius 2 is 1.96 bits per heavy atom. The standard InChI is InChI=1S/C19H30N4O/c1-19-9-8-14-13-5-3-12(22-23-18(20)21)10-11(13)2-4-15(14)16(19)6-7-17(19)24/h10,13-17,24H,2-9H2,1H3,(H4,20,21,23)/b22-12+/t13-,14+,15+,16-,17-,19-/m0/s1. The molecule has 5 heteroatoms. The number of allylic oxidation sites excluding steroid dienone is 2. The summed E-state index contributed by atoms with van der Waals surface area (Å²) in [6, 6.07) is 0. The van der Waals surface area contributed by atoms with Gasteiger partial charge in [0.1, 0.15) is 0 Å². The molecule has 0 aromatic heterocycles. The number of aliphatic hydroxyl groups is 1. The third kappa shape index (κ3) is 2.48. The molecule has 5 nitrogen and oxygen atoms in total. The van der Waals surface area contributed by atoms with E-state index < -0.39 is 0 Å². The molecule has 0 saturated heterocycles. The van der Waals surface area contributed by atoms with Crippen LogP contribution < -0.4 is 11.5 Å². The van der Waals surface area contributed by atoms with Crippen LogP contribution in [-0.2, 0) is 0 Å². The van der Waals surface area contributed by atoms with Crippen molar-refractivity contribution in [3.8, 4) is 0 Å². The molecule has 4 aliphatic rings. The third-order valence-corrected chi connectivity index (χ3v) is 7.56. The Kier molecular flexibility index (Phi) is 3.94. The Labute approximate surface area is 144 Å². The van der Waals surface area contributed by atoms with E-state index in [1.807, 2.05) is 0 Å². The van der Waals surface area contributed by atoms with Crippen molar-refractivity contribution < 1.29 is 5.11 Å². The van der Waals surface area contributed by atoms with Crippen LogP contribution in [0.2, 0.25) is 0 Å². The van der Waals surface area contributed by atoms with Crippen molar-refractivity contribution in [3.63, 3.8) is 0 Å². The van der Waals surface area contributed by atoms with Crippen molar-refractivity contribution in [3.05, 3.63) is 11.6 Å². The van der Waals surface area contributed by atoms with Crippen LogP contribution in [0.5, 0.6) is 0 Å². The van der Waals surface area contributed by atoms with Gasteiger partial charge in [0.05, 0.1) is 11.8 Å². The molecular formula is C19H30N4O. The lowest BCUT2D eigenvalue weighted by Gasteiger charge is -2.53. The fourth-order valence-corrected chi connectivity index (χ4v) is 6.37. The van der Waals surface area contributed by atoms with Crippen LogP contribution in [-0.4, -0.2) is 22.9 Å². The highest BCUT2D eigenvalue weighted by molar-refractivity contribution is 5.96. The fraction of sp³-hybridized carbons (Fsp3) is 0.789. The number of hydrogen-bond donors (Lipinski definition) is 3. The van der Waals surface area contributed by atoms with Crippen LogP contribution in [0.4, 0.5) is 0 Å². The van der Waals surface area contributed by atoms with E-state index in [2.05, 4.69) is 23.2 Å². The Morgan fingerprint density at radius 3 is 2.75 bits per heavy atom. The molecule has 0 aromatic carbocycles. The van der Waals surface area contributed by atoms with E-state index in [1.54, 1.807) is 5.57 Å². The van der Waals surface area contributed by atoms with Gasteiger partial charge >= 0.3 is 0 Å². The summed E-state index contributed by atoms with van der Waals surface area (Å²) in [5.74, 6) is 3.07. The molecular weight excluding hydrogens is 300 g/mol. The van der Waals surface area contributed by atoms with Gasteiger partial charge in [0, 0.05) is 0 Å². The molecule has 0 amide bonds. The molecule has 3 saturated carbocycles. The van der Waals surface area contributed by atoms with E-state index in [-0.39, 0.29) is 17.5 Å². The van der Waals surface area contributed by atoms with Gasteiger partial charge in [0.15, 0.2) is 0 Å². The molecule has 0 bridgehead atoms. The van der Waals surface area contributed by atoms with Gasteiger partial charge in [-0.25, -0.2) is 0 Å². The summed E-state index contributed by atoms with van der Waals surface area (Å²) in [6.45, 7) is 2.35. The van der Waals surface area contributed by atoms with E-state index in [0.29, 0.717) is 5.92 Å². The Morgan fingerprint density at radius 1 is 1.12 bits per heavy atom. The van der Waals surface area contributed by atoms with E-state index >= 15 is 0 Å². The summed E-state index contributed by atoms with van der Waals surface area (Å²) in [5, 5.41) is 18.5. The van der Waals surface area contributed by atoms with Crippen molar-refractivity contribution >= 4 is 11.7 Å². The van der Waals surface area contributed by atoms with Crippen molar-refractivity contribution in [1.82, 2.24) is 0 Å². The molecule has 5 N–H and O–H groups in total. The van der Waals surface area contributed by atoms with Gasteiger partial charge in [0.25, 0.3) is 0 Å². The highest BCUT2D eigenvalue weighted by Crippen LogP contribution is 2.61. The number of aliphatic hydroxyl groups excluding tert-OH is 1.